The molecule has 2 heterocycles. The summed E-state index contributed by atoms with van der Waals surface area (Å²) in [5.74, 6) is 1.01. The molecule has 0 unspecified atom stereocenters. The Morgan fingerprint density at radius 2 is 1.94 bits per heavy atom. The second kappa shape index (κ2) is 4.09. The molecule has 2 aromatic rings. The molecule has 3 rings (SSSR count). The third kappa shape index (κ3) is 1.58. The van der Waals surface area contributed by atoms with E-state index in [1.165, 1.54) is 16.8 Å². The molecule has 0 N–H and O–H groups in total. The van der Waals surface area contributed by atoms with Crippen molar-refractivity contribution in [2.75, 3.05) is 4.90 Å². The van der Waals surface area contributed by atoms with Gasteiger partial charge in [0.05, 0.1) is 5.69 Å². The molecule has 0 bridgehead atoms. The maximum atomic E-state index is 4.50. The SMILES string of the molecule is Cc1cccc(N2c3nccnc3C[C@H]2C)c1C. The molecule has 0 fully saturated rings. The van der Waals surface area contributed by atoms with Crippen molar-refractivity contribution in [3.05, 3.63) is 47.4 Å². The molecule has 0 spiro atoms. The van der Waals surface area contributed by atoms with E-state index in [0.29, 0.717) is 6.04 Å². The summed E-state index contributed by atoms with van der Waals surface area (Å²) in [7, 11) is 0. The van der Waals surface area contributed by atoms with E-state index < -0.39 is 0 Å². The van der Waals surface area contributed by atoms with Gasteiger partial charge in [0, 0.05) is 30.5 Å². The van der Waals surface area contributed by atoms with E-state index in [0.717, 1.165) is 17.9 Å². The normalized spacial score (nSPS) is 17.9. The van der Waals surface area contributed by atoms with Crippen LogP contribution in [0.4, 0.5) is 11.5 Å². The first-order valence-electron chi connectivity index (χ1n) is 6.34. The number of benzene rings is 1. The summed E-state index contributed by atoms with van der Waals surface area (Å²) < 4.78 is 0. The highest BCUT2D eigenvalue weighted by atomic mass is 15.2. The molecule has 3 nitrogen and oxygen atoms in total. The Bertz CT molecular complexity index is 592. The largest absolute Gasteiger partial charge is 0.321 e. The van der Waals surface area contributed by atoms with Gasteiger partial charge < -0.3 is 4.90 Å². The Labute approximate surface area is 108 Å². The minimum absolute atomic E-state index is 0.419. The van der Waals surface area contributed by atoms with Gasteiger partial charge in [0.25, 0.3) is 0 Å². The summed E-state index contributed by atoms with van der Waals surface area (Å²) in [5, 5.41) is 0. The summed E-state index contributed by atoms with van der Waals surface area (Å²) >= 11 is 0. The monoisotopic (exact) mass is 239 g/mol. The molecule has 0 saturated carbocycles. The molecular formula is C15H17N3. The lowest BCUT2D eigenvalue weighted by molar-refractivity contribution is 0.748. The molecular weight excluding hydrogens is 222 g/mol. The topological polar surface area (TPSA) is 29.0 Å². The summed E-state index contributed by atoms with van der Waals surface area (Å²) in [5.41, 5.74) is 4.99. The summed E-state index contributed by atoms with van der Waals surface area (Å²) in [4.78, 5) is 11.2. The molecule has 1 aromatic heterocycles. The number of fused-ring (bicyclic) bond motifs is 1. The lowest BCUT2D eigenvalue weighted by Gasteiger charge is -2.26. The van der Waals surface area contributed by atoms with Crippen LogP contribution in [0.1, 0.15) is 23.7 Å². The lowest BCUT2D eigenvalue weighted by Crippen LogP contribution is -2.25. The number of aryl methyl sites for hydroxylation is 1. The van der Waals surface area contributed by atoms with Crippen molar-refractivity contribution in [2.45, 2.75) is 33.2 Å². The van der Waals surface area contributed by atoms with E-state index in [4.69, 9.17) is 0 Å². The molecule has 1 aliphatic heterocycles. The molecule has 1 atom stereocenters. The highest BCUT2D eigenvalue weighted by molar-refractivity contribution is 5.69. The van der Waals surface area contributed by atoms with E-state index >= 15 is 0 Å². The van der Waals surface area contributed by atoms with E-state index in [1.54, 1.807) is 12.4 Å². The van der Waals surface area contributed by atoms with Crippen molar-refractivity contribution in [1.29, 1.82) is 0 Å². The Morgan fingerprint density at radius 1 is 1.17 bits per heavy atom. The van der Waals surface area contributed by atoms with Gasteiger partial charge in [-0.2, -0.15) is 0 Å². The van der Waals surface area contributed by atoms with Crippen LogP contribution in [0.2, 0.25) is 0 Å². The predicted octanol–water partition coefficient (Wildman–Crippen LogP) is 3.18. The van der Waals surface area contributed by atoms with Gasteiger partial charge in [0.2, 0.25) is 0 Å². The van der Waals surface area contributed by atoms with Gasteiger partial charge in [-0.15, -0.1) is 0 Å². The molecule has 3 heteroatoms. The average molecular weight is 239 g/mol. The Kier molecular flexibility index (Phi) is 2.54. The van der Waals surface area contributed by atoms with Crippen LogP contribution in [0.15, 0.2) is 30.6 Å². The van der Waals surface area contributed by atoms with Crippen LogP contribution in [0.5, 0.6) is 0 Å². The van der Waals surface area contributed by atoms with Crippen molar-refractivity contribution in [3.63, 3.8) is 0 Å². The zero-order valence-electron chi connectivity index (χ0n) is 11.0. The van der Waals surface area contributed by atoms with Gasteiger partial charge in [-0.25, -0.2) is 4.98 Å². The summed E-state index contributed by atoms with van der Waals surface area (Å²) in [6.45, 7) is 6.55. The van der Waals surface area contributed by atoms with Crippen LogP contribution in [0.25, 0.3) is 0 Å². The Balaban J connectivity index is 2.15. The van der Waals surface area contributed by atoms with E-state index in [2.05, 4.69) is 53.8 Å². The minimum Gasteiger partial charge on any atom is -0.321 e. The fourth-order valence-electron chi connectivity index (χ4n) is 2.63. The maximum Gasteiger partial charge on any atom is 0.155 e. The molecule has 0 radical (unpaired) electrons. The molecule has 92 valence electrons. The van der Waals surface area contributed by atoms with Crippen molar-refractivity contribution >= 4 is 11.5 Å². The van der Waals surface area contributed by atoms with E-state index in [-0.39, 0.29) is 0 Å². The van der Waals surface area contributed by atoms with Gasteiger partial charge >= 0.3 is 0 Å². The summed E-state index contributed by atoms with van der Waals surface area (Å²) in [6.07, 6.45) is 4.52. The maximum absolute atomic E-state index is 4.50. The van der Waals surface area contributed by atoms with Crippen molar-refractivity contribution in [3.8, 4) is 0 Å². The number of hydrogen-bond acceptors (Lipinski definition) is 3. The number of hydrogen-bond donors (Lipinski definition) is 0. The first-order valence-corrected chi connectivity index (χ1v) is 6.34. The average Bonchev–Trinajstić information content (AvgIpc) is 2.69. The van der Waals surface area contributed by atoms with Crippen LogP contribution < -0.4 is 4.90 Å². The predicted molar refractivity (Wildman–Crippen MR) is 73.3 cm³/mol. The number of rotatable bonds is 1. The first kappa shape index (κ1) is 11.2. The molecule has 18 heavy (non-hydrogen) atoms. The molecule has 1 aromatic carbocycles. The van der Waals surface area contributed by atoms with Crippen LogP contribution in [0, 0.1) is 13.8 Å². The fraction of sp³-hybridized carbons (Fsp3) is 0.333. The smallest absolute Gasteiger partial charge is 0.155 e. The van der Waals surface area contributed by atoms with Crippen LogP contribution >= 0.6 is 0 Å². The molecule has 1 aliphatic rings. The van der Waals surface area contributed by atoms with Crippen LogP contribution in [-0.4, -0.2) is 16.0 Å². The number of nitrogens with zero attached hydrogens (tertiary/aromatic N) is 3. The number of aromatic nitrogens is 2. The number of anilines is 2. The van der Waals surface area contributed by atoms with Crippen molar-refractivity contribution in [1.82, 2.24) is 9.97 Å². The van der Waals surface area contributed by atoms with Gasteiger partial charge in [-0.1, -0.05) is 12.1 Å². The quantitative estimate of drug-likeness (QED) is 0.765. The first-order chi connectivity index (χ1) is 8.68. The fourth-order valence-corrected chi connectivity index (χ4v) is 2.63. The van der Waals surface area contributed by atoms with Crippen LogP contribution in [0.3, 0.4) is 0 Å². The van der Waals surface area contributed by atoms with Crippen molar-refractivity contribution in [2.24, 2.45) is 0 Å². The third-order valence-electron chi connectivity index (χ3n) is 3.75. The highest BCUT2D eigenvalue weighted by Crippen LogP contribution is 2.37. The van der Waals surface area contributed by atoms with Gasteiger partial charge in [0.1, 0.15) is 0 Å². The zero-order valence-corrected chi connectivity index (χ0v) is 11.0. The minimum atomic E-state index is 0.419. The summed E-state index contributed by atoms with van der Waals surface area (Å²) in [6, 6.07) is 6.85. The van der Waals surface area contributed by atoms with Gasteiger partial charge in [-0.05, 0) is 38.0 Å². The van der Waals surface area contributed by atoms with Gasteiger partial charge in [0.15, 0.2) is 5.82 Å². The third-order valence-corrected chi connectivity index (χ3v) is 3.75. The zero-order chi connectivity index (χ0) is 12.7. The lowest BCUT2D eigenvalue weighted by atomic mass is 10.1. The highest BCUT2D eigenvalue weighted by Gasteiger charge is 2.30. The molecule has 0 amide bonds. The van der Waals surface area contributed by atoms with Gasteiger partial charge in [-0.3, -0.25) is 4.98 Å². The molecule has 0 aliphatic carbocycles. The van der Waals surface area contributed by atoms with E-state index in [1.807, 2.05) is 0 Å². The second-order valence-electron chi connectivity index (χ2n) is 4.97. The van der Waals surface area contributed by atoms with E-state index in [9.17, 15) is 0 Å². The molecule has 0 saturated heterocycles. The second-order valence-corrected chi connectivity index (χ2v) is 4.97. The Morgan fingerprint density at radius 3 is 2.78 bits per heavy atom. The van der Waals surface area contributed by atoms with Crippen molar-refractivity contribution < 1.29 is 0 Å². The van der Waals surface area contributed by atoms with Crippen LogP contribution in [-0.2, 0) is 6.42 Å². The Hall–Kier alpha value is -1.90. The standard InChI is InChI=1S/C15H17N3/c1-10-5-4-6-14(12(10)3)18-11(2)9-13-15(18)17-8-7-16-13/h4-8,11H,9H2,1-3H3/t11-/m1/s1.